The molecule has 1 aromatic rings. The maximum Gasteiger partial charge on any atom is 0.335 e. The van der Waals surface area contributed by atoms with Gasteiger partial charge in [-0.3, -0.25) is 0 Å². The largest absolute Gasteiger partial charge is 0.478 e. The normalized spacial score (nSPS) is 19.8. The third kappa shape index (κ3) is 3.22. The monoisotopic (exact) mass is 317 g/mol. The van der Waals surface area contributed by atoms with Crippen molar-refractivity contribution in [3.05, 3.63) is 29.6 Å². The average molecular weight is 317 g/mol. The van der Waals surface area contributed by atoms with Crippen LogP contribution in [0.3, 0.4) is 0 Å². The summed E-state index contributed by atoms with van der Waals surface area (Å²) in [5.41, 5.74) is -0.300. The number of carboxylic acids is 1. The van der Waals surface area contributed by atoms with Crippen molar-refractivity contribution in [1.29, 1.82) is 0 Å². The molecule has 1 fully saturated rings. The zero-order valence-electron chi connectivity index (χ0n) is 11.2. The van der Waals surface area contributed by atoms with E-state index < -0.39 is 26.7 Å². The molecule has 116 valence electrons. The second kappa shape index (κ2) is 6.08. The maximum absolute atomic E-state index is 13.9. The SMILES string of the molecule is O=C(O)c1ccc(S(=O)(=O)N2CCC(CCO)C2)c(F)c1. The minimum absolute atomic E-state index is 0.0137. The first kappa shape index (κ1) is 15.9. The second-order valence-electron chi connectivity index (χ2n) is 4.98. The first-order valence-electron chi connectivity index (χ1n) is 6.50. The Hall–Kier alpha value is -1.51. The zero-order chi connectivity index (χ0) is 15.6. The molecular weight excluding hydrogens is 301 g/mol. The summed E-state index contributed by atoms with van der Waals surface area (Å²) in [6.45, 7) is 0.496. The number of halogens is 1. The van der Waals surface area contributed by atoms with E-state index in [0.717, 1.165) is 12.1 Å². The van der Waals surface area contributed by atoms with Crippen LogP contribution in [0.25, 0.3) is 0 Å². The summed E-state index contributed by atoms with van der Waals surface area (Å²) in [6.07, 6.45) is 1.13. The highest BCUT2D eigenvalue weighted by Gasteiger charge is 2.34. The van der Waals surface area contributed by atoms with E-state index >= 15 is 0 Å². The third-order valence-electron chi connectivity index (χ3n) is 3.58. The van der Waals surface area contributed by atoms with E-state index in [1.807, 2.05) is 0 Å². The van der Waals surface area contributed by atoms with Crippen LogP contribution in [0.2, 0.25) is 0 Å². The van der Waals surface area contributed by atoms with Gasteiger partial charge in [-0.1, -0.05) is 0 Å². The van der Waals surface area contributed by atoms with Crippen LogP contribution in [0.15, 0.2) is 23.1 Å². The van der Waals surface area contributed by atoms with Crippen LogP contribution < -0.4 is 0 Å². The van der Waals surface area contributed by atoms with Crippen LogP contribution in [0.5, 0.6) is 0 Å². The number of sulfonamides is 1. The molecule has 0 bridgehead atoms. The number of rotatable bonds is 5. The second-order valence-corrected chi connectivity index (χ2v) is 6.89. The Labute approximate surface area is 121 Å². The van der Waals surface area contributed by atoms with Gasteiger partial charge in [-0.25, -0.2) is 17.6 Å². The number of carboxylic acid groups (broad SMARTS) is 1. The van der Waals surface area contributed by atoms with Gasteiger partial charge in [-0.05, 0) is 37.0 Å². The highest BCUT2D eigenvalue weighted by atomic mass is 32.2. The molecule has 0 spiro atoms. The van der Waals surface area contributed by atoms with Gasteiger partial charge in [-0.2, -0.15) is 4.31 Å². The van der Waals surface area contributed by atoms with Gasteiger partial charge >= 0.3 is 5.97 Å². The van der Waals surface area contributed by atoms with Crippen molar-refractivity contribution in [3.63, 3.8) is 0 Å². The van der Waals surface area contributed by atoms with E-state index in [2.05, 4.69) is 0 Å². The van der Waals surface area contributed by atoms with Gasteiger partial charge in [0.1, 0.15) is 10.7 Å². The Kier molecular flexibility index (Phi) is 4.60. The van der Waals surface area contributed by atoms with E-state index in [1.165, 1.54) is 4.31 Å². The highest BCUT2D eigenvalue weighted by Crippen LogP contribution is 2.27. The van der Waals surface area contributed by atoms with Crippen molar-refractivity contribution >= 4 is 16.0 Å². The van der Waals surface area contributed by atoms with E-state index in [4.69, 9.17) is 10.2 Å². The number of carbonyl (C=O) groups is 1. The number of benzene rings is 1. The average Bonchev–Trinajstić information content (AvgIpc) is 2.88. The van der Waals surface area contributed by atoms with Crippen LogP contribution in [-0.4, -0.2) is 48.6 Å². The van der Waals surface area contributed by atoms with E-state index in [9.17, 15) is 17.6 Å². The highest BCUT2D eigenvalue weighted by molar-refractivity contribution is 7.89. The Morgan fingerprint density at radius 2 is 2.14 bits per heavy atom. The number of hydrogen-bond donors (Lipinski definition) is 2. The van der Waals surface area contributed by atoms with E-state index in [0.29, 0.717) is 18.9 Å². The molecule has 1 heterocycles. The third-order valence-corrected chi connectivity index (χ3v) is 5.48. The summed E-state index contributed by atoms with van der Waals surface area (Å²) in [6, 6.07) is 2.75. The number of hydrogen-bond acceptors (Lipinski definition) is 4. The molecule has 1 aliphatic rings. The summed E-state index contributed by atoms with van der Waals surface area (Å²) in [7, 11) is -3.98. The molecule has 0 aliphatic carbocycles. The molecule has 0 radical (unpaired) electrons. The minimum Gasteiger partial charge on any atom is -0.478 e. The molecule has 0 amide bonds. The molecule has 2 rings (SSSR count). The lowest BCUT2D eigenvalue weighted by atomic mass is 10.1. The van der Waals surface area contributed by atoms with Gasteiger partial charge in [-0.15, -0.1) is 0 Å². The molecule has 0 saturated carbocycles. The zero-order valence-corrected chi connectivity index (χ0v) is 12.0. The summed E-state index contributed by atoms with van der Waals surface area (Å²) in [5.74, 6) is -2.33. The molecule has 21 heavy (non-hydrogen) atoms. The molecule has 1 aliphatic heterocycles. The summed E-state index contributed by atoms with van der Waals surface area (Å²) in [5, 5.41) is 17.6. The Morgan fingerprint density at radius 1 is 1.43 bits per heavy atom. The van der Waals surface area contributed by atoms with Crippen LogP contribution >= 0.6 is 0 Å². The lowest BCUT2D eigenvalue weighted by molar-refractivity contribution is 0.0696. The summed E-state index contributed by atoms with van der Waals surface area (Å²) in [4.78, 5) is 10.2. The molecule has 1 aromatic carbocycles. The van der Waals surface area contributed by atoms with Gasteiger partial charge < -0.3 is 10.2 Å². The molecule has 8 heteroatoms. The number of aliphatic hydroxyl groups excluding tert-OH is 1. The maximum atomic E-state index is 13.9. The van der Waals surface area contributed by atoms with Crippen molar-refractivity contribution in [1.82, 2.24) is 4.31 Å². The fourth-order valence-corrected chi connectivity index (χ4v) is 3.99. The smallest absolute Gasteiger partial charge is 0.335 e. The number of aliphatic hydroxyl groups is 1. The molecule has 1 atom stereocenters. The quantitative estimate of drug-likeness (QED) is 0.842. The molecule has 1 saturated heterocycles. The van der Waals surface area contributed by atoms with Gasteiger partial charge in [0.2, 0.25) is 10.0 Å². The first-order valence-corrected chi connectivity index (χ1v) is 7.94. The van der Waals surface area contributed by atoms with Crippen molar-refractivity contribution < 1.29 is 27.8 Å². The Balaban J connectivity index is 2.26. The Morgan fingerprint density at radius 3 is 2.71 bits per heavy atom. The molecule has 0 aromatic heterocycles. The van der Waals surface area contributed by atoms with Crippen LogP contribution in [0, 0.1) is 11.7 Å². The van der Waals surface area contributed by atoms with Crippen molar-refractivity contribution in [2.75, 3.05) is 19.7 Å². The molecule has 2 N–H and O–H groups in total. The standard InChI is InChI=1S/C13H16FNO5S/c14-11-7-10(13(17)18)1-2-12(11)21(19,20)15-5-3-9(8-15)4-6-16/h1-2,7,9,16H,3-6,8H2,(H,17,18). The van der Waals surface area contributed by atoms with Crippen molar-refractivity contribution in [2.45, 2.75) is 17.7 Å². The predicted molar refractivity (Wildman–Crippen MR) is 71.9 cm³/mol. The molecular formula is C13H16FNO5S. The predicted octanol–water partition coefficient (Wildman–Crippen LogP) is 0.917. The lowest BCUT2D eigenvalue weighted by Gasteiger charge is -2.17. The van der Waals surface area contributed by atoms with Crippen molar-refractivity contribution in [2.24, 2.45) is 5.92 Å². The lowest BCUT2D eigenvalue weighted by Crippen LogP contribution is -2.29. The van der Waals surface area contributed by atoms with Crippen molar-refractivity contribution in [3.8, 4) is 0 Å². The molecule has 1 unspecified atom stereocenters. The summed E-state index contributed by atoms with van der Waals surface area (Å²) < 4.78 is 39.8. The van der Waals surface area contributed by atoms with E-state index in [1.54, 1.807) is 0 Å². The van der Waals surface area contributed by atoms with Gasteiger partial charge in [0.05, 0.1) is 5.56 Å². The van der Waals surface area contributed by atoms with Gasteiger partial charge in [0.25, 0.3) is 0 Å². The fourth-order valence-electron chi connectivity index (χ4n) is 2.42. The van der Waals surface area contributed by atoms with Gasteiger partial charge in [0, 0.05) is 19.7 Å². The fraction of sp³-hybridized carbons (Fsp3) is 0.462. The van der Waals surface area contributed by atoms with Crippen LogP contribution in [0.4, 0.5) is 4.39 Å². The first-order chi connectivity index (χ1) is 9.86. The van der Waals surface area contributed by atoms with Gasteiger partial charge in [0.15, 0.2) is 0 Å². The van der Waals surface area contributed by atoms with Crippen LogP contribution in [0.1, 0.15) is 23.2 Å². The molecule has 6 nitrogen and oxygen atoms in total. The number of nitrogens with zero attached hydrogens (tertiary/aromatic N) is 1. The summed E-state index contributed by atoms with van der Waals surface area (Å²) >= 11 is 0. The van der Waals surface area contributed by atoms with E-state index in [-0.39, 0.29) is 31.2 Å². The van der Waals surface area contributed by atoms with Crippen LogP contribution in [-0.2, 0) is 10.0 Å². The Bertz CT molecular complexity index is 646. The topological polar surface area (TPSA) is 94.9 Å². The number of aromatic carboxylic acids is 1. The minimum atomic E-state index is -3.98.